The number of benzene rings is 2. The molecule has 0 saturated heterocycles. The number of halogens is 2. The number of ether oxygens (including phenoxy) is 1. The van der Waals surface area contributed by atoms with E-state index in [1.807, 2.05) is 0 Å². The molecule has 104 valence electrons. The maximum Gasteiger partial charge on any atom is 0.262 e. The molecule has 0 heterocycles. The van der Waals surface area contributed by atoms with E-state index in [1.54, 1.807) is 0 Å². The van der Waals surface area contributed by atoms with Gasteiger partial charge in [0, 0.05) is 5.69 Å². The number of carbonyl (C=O) groups excluding carboxylic acids is 1. The zero-order valence-corrected chi connectivity index (χ0v) is 10.4. The van der Waals surface area contributed by atoms with E-state index in [4.69, 9.17) is 10.5 Å². The smallest absolute Gasteiger partial charge is 0.262 e. The van der Waals surface area contributed by atoms with Crippen molar-refractivity contribution in [2.75, 3.05) is 17.7 Å². The van der Waals surface area contributed by atoms with Gasteiger partial charge in [-0.1, -0.05) is 0 Å². The van der Waals surface area contributed by atoms with Gasteiger partial charge in [-0.2, -0.15) is 0 Å². The average Bonchev–Trinajstić information content (AvgIpc) is 2.42. The van der Waals surface area contributed by atoms with Crippen molar-refractivity contribution in [1.82, 2.24) is 0 Å². The van der Waals surface area contributed by atoms with Crippen molar-refractivity contribution >= 4 is 17.3 Å². The Kier molecular flexibility index (Phi) is 4.14. The second-order valence-electron chi connectivity index (χ2n) is 4.03. The van der Waals surface area contributed by atoms with Crippen molar-refractivity contribution in [3.05, 3.63) is 54.1 Å². The van der Waals surface area contributed by atoms with Gasteiger partial charge in [-0.15, -0.1) is 0 Å². The molecule has 0 bridgehead atoms. The van der Waals surface area contributed by atoms with Crippen LogP contribution < -0.4 is 15.8 Å². The summed E-state index contributed by atoms with van der Waals surface area (Å²) >= 11 is 0. The lowest BCUT2D eigenvalue weighted by molar-refractivity contribution is -0.118. The van der Waals surface area contributed by atoms with Crippen molar-refractivity contribution in [3.8, 4) is 5.75 Å². The van der Waals surface area contributed by atoms with Crippen molar-refractivity contribution < 1.29 is 18.3 Å². The molecule has 20 heavy (non-hydrogen) atoms. The molecule has 0 atom stereocenters. The molecule has 2 rings (SSSR count). The monoisotopic (exact) mass is 278 g/mol. The minimum atomic E-state index is -0.550. The van der Waals surface area contributed by atoms with E-state index in [0.29, 0.717) is 11.4 Å². The molecular weight excluding hydrogens is 266 g/mol. The summed E-state index contributed by atoms with van der Waals surface area (Å²) in [5, 5.41) is 2.51. The van der Waals surface area contributed by atoms with Gasteiger partial charge in [0.05, 0.1) is 5.69 Å². The van der Waals surface area contributed by atoms with Crippen molar-refractivity contribution in [2.45, 2.75) is 0 Å². The normalized spacial score (nSPS) is 10.1. The van der Waals surface area contributed by atoms with Crippen LogP contribution in [0.5, 0.6) is 5.75 Å². The predicted molar refractivity (Wildman–Crippen MR) is 71.3 cm³/mol. The number of carbonyl (C=O) groups is 1. The third-order valence-electron chi connectivity index (χ3n) is 2.46. The second-order valence-corrected chi connectivity index (χ2v) is 4.03. The predicted octanol–water partition coefficient (Wildman–Crippen LogP) is 2.56. The number of anilines is 2. The fourth-order valence-corrected chi connectivity index (χ4v) is 1.50. The summed E-state index contributed by atoms with van der Waals surface area (Å²) in [6.45, 7) is -0.247. The maximum absolute atomic E-state index is 12.9. The van der Waals surface area contributed by atoms with Gasteiger partial charge in [0.15, 0.2) is 6.61 Å². The fourth-order valence-electron chi connectivity index (χ4n) is 1.50. The number of nitrogens with one attached hydrogen (secondary N) is 1. The van der Waals surface area contributed by atoms with Gasteiger partial charge in [-0.3, -0.25) is 4.79 Å². The van der Waals surface area contributed by atoms with Crippen molar-refractivity contribution in [3.63, 3.8) is 0 Å². The highest BCUT2D eigenvalue weighted by Gasteiger charge is 2.06. The first-order valence-corrected chi connectivity index (χ1v) is 5.78. The molecule has 4 nitrogen and oxygen atoms in total. The highest BCUT2D eigenvalue weighted by Crippen LogP contribution is 2.16. The summed E-state index contributed by atoms with van der Waals surface area (Å²) in [7, 11) is 0. The number of nitrogen functional groups attached to an aromatic ring is 1. The minimum Gasteiger partial charge on any atom is -0.484 e. The van der Waals surface area contributed by atoms with Gasteiger partial charge < -0.3 is 15.8 Å². The van der Waals surface area contributed by atoms with Crippen LogP contribution in [0.15, 0.2) is 42.5 Å². The summed E-state index contributed by atoms with van der Waals surface area (Å²) in [4.78, 5) is 11.6. The standard InChI is InChI=1S/C14H12F2N2O2/c15-9-1-4-11(5-2-9)20-8-14(19)18-10-3-6-12(16)13(17)7-10/h1-7H,8,17H2,(H,18,19). The number of nitrogens with two attached hydrogens (primary N) is 1. The van der Waals surface area contributed by atoms with Gasteiger partial charge >= 0.3 is 0 Å². The molecule has 0 aromatic heterocycles. The lowest BCUT2D eigenvalue weighted by atomic mass is 10.2. The summed E-state index contributed by atoms with van der Waals surface area (Å²) in [6.07, 6.45) is 0. The molecule has 0 saturated carbocycles. The van der Waals surface area contributed by atoms with E-state index in [2.05, 4.69) is 5.32 Å². The second kappa shape index (κ2) is 6.01. The highest BCUT2D eigenvalue weighted by molar-refractivity contribution is 5.92. The lowest BCUT2D eigenvalue weighted by Crippen LogP contribution is -2.20. The first-order valence-electron chi connectivity index (χ1n) is 5.78. The molecule has 0 unspecified atom stereocenters. The third-order valence-corrected chi connectivity index (χ3v) is 2.46. The van der Waals surface area contributed by atoms with Crippen LogP contribution in [-0.4, -0.2) is 12.5 Å². The van der Waals surface area contributed by atoms with E-state index >= 15 is 0 Å². The topological polar surface area (TPSA) is 64.3 Å². The number of hydrogen-bond acceptors (Lipinski definition) is 3. The van der Waals surface area contributed by atoms with E-state index in [0.717, 1.165) is 6.07 Å². The molecule has 0 fully saturated rings. The quantitative estimate of drug-likeness (QED) is 0.845. The summed E-state index contributed by atoms with van der Waals surface area (Å²) in [5.74, 6) is -0.991. The Morgan fingerprint density at radius 2 is 1.85 bits per heavy atom. The molecule has 0 aliphatic rings. The van der Waals surface area contributed by atoms with Crippen LogP contribution in [0.3, 0.4) is 0 Å². The van der Waals surface area contributed by atoms with Gasteiger partial charge in [-0.25, -0.2) is 8.78 Å². The fraction of sp³-hybridized carbons (Fsp3) is 0.0714. The first kappa shape index (κ1) is 13.8. The summed E-state index contributed by atoms with van der Waals surface area (Å²) < 4.78 is 30.8. The highest BCUT2D eigenvalue weighted by atomic mass is 19.1. The SMILES string of the molecule is Nc1cc(NC(=O)COc2ccc(F)cc2)ccc1F. The van der Waals surface area contributed by atoms with Gasteiger partial charge in [0.1, 0.15) is 17.4 Å². The Morgan fingerprint density at radius 3 is 2.50 bits per heavy atom. The van der Waals surface area contributed by atoms with Crippen LogP contribution in [0.1, 0.15) is 0 Å². The van der Waals surface area contributed by atoms with Gasteiger partial charge in [0.25, 0.3) is 5.91 Å². The first-order chi connectivity index (χ1) is 9.54. The number of rotatable bonds is 4. The largest absolute Gasteiger partial charge is 0.484 e. The Bertz CT molecular complexity index is 615. The Labute approximate surface area is 114 Å². The van der Waals surface area contributed by atoms with Crippen LogP contribution in [-0.2, 0) is 4.79 Å². The minimum absolute atomic E-state index is 0.0535. The Balaban J connectivity index is 1.89. The van der Waals surface area contributed by atoms with E-state index < -0.39 is 11.7 Å². The molecule has 0 aliphatic carbocycles. The van der Waals surface area contributed by atoms with Crippen LogP contribution in [0, 0.1) is 11.6 Å². The van der Waals surface area contributed by atoms with Crippen molar-refractivity contribution in [2.24, 2.45) is 0 Å². The molecule has 3 N–H and O–H groups in total. The number of hydrogen-bond donors (Lipinski definition) is 2. The molecule has 6 heteroatoms. The molecule has 0 radical (unpaired) electrons. The van der Waals surface area contributed by atoms with Crippen LogP contribution in [0.2, 0.25) is 0 Å². The van der Waals surface area contributed by atoms with E-state index in [9.17, 15) is 13.6 Å². The van der Waals surface area contributed by atoms with Crippen LogP contribution in [0.25, 0.3) is 0 Å². The zero-order chi connectivity index (χ0) is 14.5. The molecule has 1 amide bonds. The van der Waals surface area contributed by atoms with E-state index in [-0.39, 0.29) is 18.1 Å². The summed E-state index contributed by atoms with van der Waals surface area (Å²) in [6, 6.07) is 9.15. The molecule has 2 aromatic carbocycles. The van der Waals surface area contributed by atoms with Crippen LogP contribution in [0.4, 0.5) is 20.2 Å². The average molecular weight is 278 g/mol. The Hall–Kier alpha value is -2.63. The van der Waals surface area contributed by atoms with Gasteiger partial charge in [0.2, 0.25) is 0 Å². The van der Waals surface area contributed by atoms with Crippen LogP contribution >= 0.6 is 0 Å². The molecule has 0 aliphatic heterocycles. The van der Waals surface area contributed by atoms with Crippen molar-refractivity contribution in [1.29, 1.82) is 0 Å². The summed E-state index contributed by atoms with van der Waals surface area (Å²) in [5.41, 5.74) is 5.70. The van der Waals surface area contributed by atoms with Gasteiger partial charge in [-0.05, 0) is 42.5 Å². The third kappa shape index (κ3) is 3.68. The maximum atomic E-state index is 12.9. The Morgan fingerprint density at radius 1 is 1.15 bits per heavy atom. The number of amides is 1. The zero-order valence-electron chi connectivity index (χ0n) is 10.4. The molecular formula is C14H12F2N2O2. The van der Waals surface area contributed by atoms with E-state index in [1.165, 1.54) is 36.4 Å². The molecule has 2 aromatic rings. The lowest BCUT2D eigenvalue weighted by Gasteiger charge is -2.08. The molecule has 0 spiro atoms.